The third-order valence-electron chi connectivity index (χ3n) is 7.21. The Morgan fingerprint density at radius 1 is 1.46 bits per heavy atom. The van der Waals surface area contributed by atoms with Crippen molar-refractivity contribution in [2.45, 2.75) is 56.5 Å². The van der Waals surface area contributed by atoms with Gasteiger partial charge < -0.3 is 14.8 Å². The number of hydrogen-bond donors (Lipinski definition) is 1. The van der Waals surface area contributed by atoms with Crippen LogP contribution < -0.4 is 5.32 Å². The van der Waals surface area contributed by atoms with E-state index in [0.717, 1.165) is 19.4 Å². The molecule has 5 atom stereocenters. The van der Waals surface area contributed by atoms with Crippen LogP contribution in [0.1, 0.15) is 38.7 Å². The van der Waals surface area contributed by atoms with Gasteiger partial charge in [0.2, 0.25) is 0 Å². The summed E-state index contributed by atoms with van der Waals surface area (Å²) in [5.41, 5.74) is 3.46. The van der Waals surface area contributed by atoms with Crippen LogP contribution in [0, 0.1) is 5.92 Å². The SMILES string of the molecule is C/C=C1\CN2[C@@H](C[C@H]1CC(=O)OC)[C@]13Nc4ccccc4C1(C)C[C@H]2O3. The predicted molar refractivity (Wildman–Crippen MR) is 98.6 cm³/mol. The molecule has 4 heterocycles. The van der Waals surface area contributed by atoms with Crippen molar-refractivity contribution in [2.24, 2.45) is 5.92 Å². The van der Waals surface area contributed by atoms with E-state index >= 15 is 0 Å². The van der Waals surface area contributed by atoms with Crippen LogP contribution in [-0.2, 0) is 19.7 Å². The smallest absolute Gasteiger partial charge is 0.306 e. The van der Waals surface area contributed by atoms with E-state index in [1.165, 1.54) is 23.9 Å². The summed E-state index contributed by atoms with van der Waals surface area (Å²) < 4.78 is 11.6. The molecule has 1 aromatic carbocycles. The summed E-state index contributed by atoms with van der Waals surface area (Å²) >= 11 is 0. The van der Waals surface area contributed by atoms with Crippen LogP contribution in [-0.4, -0.2) is 42.5 Å². The molecule has 5 rings (SSSR count). The molecule has 138 valence electrons. The van der Waals surface area contributed by atoms with Crippen LogP contribution in [0.3, 0.4) is 0 Å². The van der Waals surface area contributed by atoms with Gasteiger partial charge in [-0.2, -0.15) is 0 Å². The Morgan fingerprint density at radius 3 is 3.04 bits per heavy atom. The lowest BCUT2D eigenvalue weighted by Crippen LogP contribution is -2.63. The van der Waals surface area contributed by atoms with Gasteiger partial charge in [0.25, 0.3) is 0 Å². The Bertz CT molecular complexity index is 806. The molecule has 0 saturated carbocycles. The van der Waals surface area contributed by atoms with Crippen molar-refractivity contribution in [3.05, 3.63) is 41.5 Å². The van der Waals surface area contributed by atoms with Crippen molar-refractivity contribution >= 4 is 11.7 Å². The summed E-state index contributed by atoms with van der Waals surface area (Å²) in [7, 11) is 1.47. The number of benzene rings is 1. The van der Waals surface area contributed by atoms with Crippen LogP contribution in [0.4, 0.5) is 5.69 Å². The van der Waals surface area contributed by atoms with Gasteiger partial charge in [-0.25, -0.2) is 0 Å². The third kappa shape index (κ3) is 1.85. The van der Waals surface area contributed by atoms with Gasteiger partial charge in [0.05, 0.1) is 19.6 Å². The second-order valence-electron chi connectivity index (χ2n) is 8.28. The predicted octanol–water partition coefficient (Wildman–Crippen LogP) is 3.03. The first-order valence-corrected chi connectivity index (χ1v) is 9.55. The highest BCUT2D eigenvalue weighted by molar-refractivity contribution is 5.70. The van der Waals surface area contributed by atoms with Crippen molar-refractivity contribution in [1.29, 1.82) is 0 Å². The van der Waals surface area contributed by atoms with E-state index in [4.69, 9.17) is 9.47 Å². The van der Waals surface area contributed by atoms with E-state index in [0.29, 0.717) is 6.42 Å². The number of fused-ring (bicyclic) bond motifs is 5. The van der Waals surface area contributed by atoms with Gasteiger partial charge in [-0.05, 0) is 30.9 Å². The number of carbonyl (C=O) groups excluding carboxylic acids is 1. The zero-order valence-electron chi connectivity index (χ0n) is 15.6. The van der Waals surface area contributed by atoms with Gasteiger partial charge in [-0.15, -0.1) is 0 Å². The fourth-order valence-corrected chi connectivity index (χ4v) is 5.89. The van der Waals surface area contributed by atoms with Gasteiger partial charge in [0, 0.05) is 24.1 Å². The highest BCUT2D eigenvalue weighted by Crippen LogP contribution is 2.64. The number of methoxy groups -OCH3 is 1. The summed E-state index contributed by atoms with van der Waals surface area (Å²) in [6.07, 6.45) is 4.68. The molecule has 4 aliphatic heterocycles. The van der Waals surface area contributed by atoms with Gasteiger partial charge in [0.15, 0.2) is 5.72 Å². The zero-order valence-corrected chi connectivity index (χ0v) is 15.6. The van der Waals surface area contributed by atoms with Crippen LogP contribution >= 0.6 is 0 Å². The lowest BCUT2D eigenvalue weighted by Gasteiger charge is -2.49. The molecule has 4 aliphatic rings. The molecule has 3 fully saturated rings. The molecule has 1 N–H and O–H groups in total. The molecule has 0 aromatic heterocycles. The van der Waals surface area contributed by atoms with Gasteiger partial charge in [0.1, 0.15) is 6.23 Å². The second-order valence-corrected chi connectivity index (χ2v) is 8.28. The lowest BCUT2D eigenvalue weighted by molar-refractivity contribution is -0.141. The van der Waals surface area contributed by atoms with E-state index in [1.807, 2.05) is 0 Å². The molecule has 1 spiro atoms. The average Bonchev–Trinajstić information content (AvgIpc) is 3.20. The minimum atomic E-state index is -0.394. The standard InChI is InChI=1S/C21H26N2O3/c1-4-13-12-23-17(9-14(13)10-19(24)25-3)21-20(2,11-18(23)26-21)15-7-5-6-8-16(15)22-21/h4-8,14,17-18,22H,9-12H2,1-3H3/b13-4+/t14-,17-,18+,20?,21+/m0/s1. The number of para-hydroxylation sites is 1. The number of esters is 1. The molecule has 5 nitrogen and oxygen atoms in total. The number of rotatable bonds is 2. The van der Waals surface area contributed by atoms with E-state index in [2.05, 4.69) is 54.4 Å². The molecule has 5 heteroatoms. The monoisotopic (exact) mass is 354 g/mol. The maximum absolute atomic E-state index is 12.0. The third-order valence-corrected chi connectivity index (χ3v) is 7.21. The van der Waals surface area contributed by atoms with Crippen molar-refractivity contribution in [3.63, 3.8) is 0 Å². The van der Waals surface area contributed by atoms with Crippen LogP contribution in [0.5, 0.6) is 0 Å². The van der Waals surface area contributed by atoms with Crippen LogP contribution in [0.25, 0.3) is 0 Å². The second kappa shape index (κ2) is 5.33. The summed E-state index contributed by atoms with van der Waals surface area (Å²) in [4.78, 5) is 14.5. The minimum absolute atomic E-state index is 0.0291. The Morgan fingerprint density at radius 2 is 2.27 bits per heavy atom. The fourth-order valence-electron chi connectivity index (χ4n) is 5.89. The number of ether oxygens (including phenoxy) is 2. The number of allylic oxidation sites excluding steroid dienone is 1. The largest absolute Gasteiger partial charge is 0.469 e. The fraction of sp³-hybridized carbons (Fsp3) is 0.571. The van der Waals surface area contributed by atoms with Gasteiger partial charge in [-0.1, -0.05) is 36.8 Å². The van der Waals surface area contributed by atoms with E-state index < -0.39 is 5.72 Å². The van der Waals surface area contributed by atoms with E-state index in [1.54, 1.807) is 0 Å². The average molecular weight is 354 g/mol. The minimum Gasteiger partial charge on any atom is -0.469 e. The molecule has 0 amide bonds. The van der Waals surface area contributed by atoms with Gasteiger partial charge in [-0.3, -0.25) is 9.69 Å². The zero-order chi connectivity index (χ0) is 18.1. The maximum Gasteiger partial charge on any atom is 0.306 e. The highest BCUT2D eigenvalue weighted by Gasteiger charge is 2.73. The molecule has 26 heavy (non-hydrogen) atoms. The number of nitrogens with zero attached hydrogens (tertiary/aromatic N) is 1. The number of anilines is 1. The van der Waals surface area contributed by atoms with Gasteiger partial charge >= 0.3 is 5.97 Å². The number of carbonyl (C=O) groups is 1. The maximum atomic E-state index is 12.0. The Hall–Kier alpha value is -1.85. The molecule has 2 bridgehead atoms. The van der Waals surface area contributed by atoms with Crippen LogP contribution in [0.2, 0.25) is 0 Å². The Balaban J connectivity index is 1.52. The Kier molecular flexibility index (Phi) is 3.35. The molecule has 3 saturated heterocycles. The topological polar surface area (TPSA) is 50.8 Å². The summed E-state index contributed by atoms with van der Waals surface area (Å²) in [5, 5.41) is 3.76. The highest BCUT2D eigenvalue weighted by atomic mass is 16.6. The van der Waals surface area contributed by atoms with Crippen molar-refractivity contribution in [2.75, 3.05) is 19.0 Å². The van der Waals surface area contributed by atoms with Crippen LogP contribution in [0.15, 0.2) is 35.9 Å². The first-order chi connectivity index (χ1) is 12.5. The lowest BCUT2D eigenvalue weighted by atomic mass is 9.66. The Labute approximate surface area is 154 Å². The molecule has 1 unspecified atom stereocenters. The number of piperidine rings is 2. The summed E-state index contributed by atoms with van der Waals surface area (Å²) in [5.74, 6) is 0.0931. The molecular weight excluding hydrogens is 328 g/mol. The number of nitrogens with one attached hydrogen (secondary N) is 1. The van der Waals surface area contributed by atoms with E-state index in [9.17, 15) is 4.79 Å². The normalized spacial score (nSPS) is 41.5. The molecule has 0 aliphatic carbocycles. The van der Waals surface area contributed by atoms with Crippen molar-refractivity contribution < 1.29 is 14.3 Å². The molecular formula is C21H26N2O3. The van der Waals surface area contributed by atoms with Crippen molar-refractivity contribution in [3.8, 4) is 0 Å². The summed E-state index contributed by atoms with van der Waals surface area (Å²) in [6.45, 7) is 5.29. The molecule has 1 aromatic rings. The number of hydrogen-bond acceptors (Lipinski definition) is 5. The molecule has 0 radical (unpaired) electrons. The quantitative estimate of drug-likeness (QED) is 0.654. The summed E-state index contributed by atoms with van der Waals surface area (Å²) in [6, 6.07) is 8.85. The van der Waals surface area contributed by atoms with Crippen molar-refractivity contribution in [1.82, 2.24) is 4.90 Å². The first-order valence-electron chi connectivity index (χ1n) is 9.55. The van der Waals surface area contributed by atoms with E-state index in [-0.39, 0.29) is 29.6 Å². The first kappa shape index (κ1) is 16.3.